The zero-order valence-electron chi connectivity index (χ0n) is 10.4. The van der Waals surface area contributed by atoms with Crippen LogP contribution in [0.5, 0.6) is 0 Å². The van der Waals surface area contributed by atoms with Gasteiger partial charge in [0.1, 0.15) is 0 Å². The van der Waals surface area contributed by atoms with E-state index >= 15 is 0 Å². The van der Waals surface area contributed by atoms with Gasteiger partial charge in [-0.3, -0.25) is 9.69 Å². The van der Waals surface area contributed by atoms with Crippen molar-refractivity contribution >= 4 is 5.97 Å². The molecule has 0 aromatic heterocycles. The first kappa shape index (κ1) is 12.4. The molecule has 1 aliphatic heterocycles. The lowest BCUT2D eigenvalue weighted by Crippen LogP contribution is -2.44. The van der Waals surface area contributed by atoms with Crippen LogP contribution in [0, 0.1) is 23.2 Å². The summed E-state index contributed by atoms with van der Waals surface area (Å²) >= 11 is 0. The topological polar surface area (TPSA) is 53.3 Å². The molecule has 0 spiro atoms. The van der Waals surface area contributed by atoms with Crippen LogP contribution in [0.15, 0.2) is 0 Å². The number of ether oxygens (including phenoxy) is 1. The van der Waals surface area contributed by atoms with E-state index in [0.29, 0.717) is 6.04 Å². The van der Waals surface area contributed by atoms with Crippen molar-refractivity contribution in [1.82, 2.24) is 4.90 Å². The van der Waals surface area contributed by atoms with Gasteiger partial charge in [0.25, 0.3) is 0 Å². The molecule has 1 heterocycles. The van der Waals surface area contributed by atoms with Crippen molar-refractivity contribution in [1.29, 1.82) is 5.26 Å². The third-order valence-electron chi connectivity index (χ3n) is 4.18. The Bertz CT molecular complexity index is 316. The van der Waals surface area contributed by atoms with Crippen LogP contribution in [0.1, 0.15) is 32.1 Å². The summed E-state index contributed by atoms with van der Waals surface area (Å²) in [6, 6.07) is 2.85. The molecule has 0 aromatic carbocycles. The number of nitriles is 1. The highest BCUT2D eigenvalue weighted by Crippen LogP contribution is 2.32. The van der Waals surface area contributed by atoms with Crippen molar-refractivity contribution in [2.24, 2.45) is 11.8 Å². The molecule has 4 heteroatoms. The number of nitrogens with zero attached hydrogens (tertiary/aromatic N) is 2. The molecule has 0 amide bonds. The van der Waals surface area contributed by atoms with Crippen molar-refractivity contribution in [2.45, 2.75) is 38.1 Å². The zero-order valence-corrected chi connectivity index (χ0v) is 10.4. The van der Waals surface area contributed by atoms with E-state index in [0.717, 1.165) is 38.8 Å². The van der Waals surface area contributed by atoms with Gasteiger partial charge in [-0.05, 0) is 38.8 Å². The van der Waals surface area contributed by atoms with E-state index in [-0.39, 0.29) is 17.8 Å². The maximum Gasteiger partial charge on any atom is 0.308 e. The molecular formula is C13H20N2O2. The van der Waals surface area contributed by atoms with E-state index < -0.39 is 0 Å². The maximum absolute atomic E-state index is 11.4. The number of methoxy groups -OCH3 is 1. The Morgan fingerprint density at radius 2 is 2.00 bits per heavy atom. The van der Waals surface area contributed by atoms with Crippen LogP contribution in [-0.2, 0) is 9.53 Å². The lowest BCUT2D eigenvalue weighted by atomic mass is 9.94. The Kier molecular flexibility index (Phi) is 4.01. The Labute approximate surface area is 103 Å². The van der Waals surface area contributed by atoms with Gasteiger partial charge < -0.3 is 4.74 Å². The molecule has 2 rings (SSSR count). The standard InChI is InChI=1S/C13H20N2O2/c1-17-13(16)10-5-7-15(8-6-10)12-4-2-3-11(12)9-14/h10-12H,2-8H2,1H3. The van der Waals surface area contributed by atoms with Gasteiger partial charge in [-0.2, -0.15) is 5.26 Å². The fourth-order valence-electron chi connectivity index (χ4n) is 3.16. The second-order valence-electron chi connectivity index (χ2n) is 5.07. The van der Waals surface area contributed by atoms with Gasteiger partial charge in [-0.1, -0.05) is 6.42 Å². The lowest BCUT2D eigenvalue weighted by molar-refractivity contribution is -0.147. The number of carbonyl (C=O) groups is 1. The molecule has 1 saturated heterocycles. The minimum atomic E-state index is -0.0760. The molecular weight excluding hydrogens is 216 g/mol. The van der Waals surface area contributed by atoms with E-state index in [1.807, 2.05) is 0 Å². The van der Waals surface area contributed by atoms with Crippen molar-refractivity contribution < 1.29 is 9.53 Å². The van der Waals surface area contributed by atoms with Crippen LogP contribution in [0.2, 0.25) is 0 Å². The summed E-state index contributed by atoms with van der Waals surface area (Å²) < 4.78 is 4.78. The van der Waals surface area contributed by atoms with E-state index in [1.54, 1.807) is 0 Å². The second kappa shape index (κ2) is 5.50. The molecule has 2 atom stereocenters. The van der Waals surface area contributed by atoms with Gasteiger partial charge in [0.05, 0.1) is 25.0 Å². The minimum absolute atomic E-state index is 0.0678. The van der Waals surface area contributed by atoms with Crippen molar-refractivity contribution in [3.63, 3.8) is 0 Å². The van der Waals surface area contributed by atoms with Crippen LogP contribution in [0.4, 0.5) is 0 Å². The first-order valence-electron chi connectivity index (χ1n) is 6.47. The van der Waals surface area contributed by atoms with E-state index in [2.05, 4.69) is 11.0 Å². The molecule has 4 nitrogen and oxygen atoms in total. The largest absolute Gasteiger partial charge is 0.469 e. The zero-order chi connectivity index (χ0) is 12.3. The highest BCUT2D eigenvalue weighted by Gasteiger charge is 2.35. The summed E-state index contributed by atoms with van der Waals surface area (Å²) in [5, 5.41) is 9.09. The summed E-state index contributed by atoms with van der Waals surface area (Å²) in [5.41, 5.74) is 0. The van der Waals surface area contributed by atoms with Gasteiger partial charge in [0.2, 0.25) is 0 Å². The van der Waals surface area contributed by atoms with Crippen LogP contribution >= 0.6 is 0 Å². The predicted molar refractivity (Wildman–Crippen MR) is 63.1 cm³/mol. The first-order chi connectivity index (χ1) is 8.26. The van der Waals surface area contributed by atoms with Gasteiger partial charge in [-0.15, -0.1) is 0 Å². The first-order valence-corrected chi connectivity index (χ1v) is 6.47. The molecule has 2 unspecified atom stereocenters. The van der Waals surface area contributed by atoms with Gasteiger partial charge >= 0.3 is 5.97 Å². The third-order valence-corrected chi connectivity index (χ3v) is 4.18. The number of piperidine rings is 1. The van der Waals surface area contributed by atoms with Crippen LogP contribution < -0.4 is 0 Å². The molecule has 0 bridgehead atoms. The molecule has 17 heavy (non-hydrogen) atoms. The van der Waals surface area contributed by atoms with Gasteiger partial charge in [0, 0.05) is 6.04 Å². The molecule has 0 radical (unpaired) electrons. The molecule has 2 fully saturated rings. The van der Waals surface area contributed by atoms with Gasteiger partial charge in [-0.25, -0.2) is 0 Å². The quantitative estimate of drug-likeness (QED) is 0.683. The van der Waals surface area contributed by atoms with Crippen LogP contribution in [0.25, 0.3) is 0 Å². The summed E-state index contributed by atoms with van der Waals surface area (Å²) in [4.78, 5) is 13.8. The number of hydrogen-bond donors (Lipinski definition) is 0. The van der Waals surface area contributed by atoms with E-state index in [4.69, 9.17) is 10.00 Å². The molecule has 0 N–H and O–H groups in total. The highest BCUT2D eigenvalue weighted by atomic mass is 16.5. The Morgan fingerprint density at radius 1 is 1.29 bits per heavy atom. The number of hydrogen-bond acceptors (Lipinski definition) is 4. The molecule has 1 aliphatic carbocycles. The number of esters is 1. The second-order valence-corrected chi connectivity index (χ2v) is 5.07. The van der Waals surface area contributed by atoms with E-state index in [9.17, 15) is 4.79 Å². The van der Waals surface area contributed by atoms with E-state index in [1.165, 1.54) is 13.5 Å². The fraction of sp³-hybridized carbons (Fsp3) is 0.846. The highest BCUT2D eigenvalue weighted by molar-refractivity contribution is 5.72. The normalized spacial score (nSPS) is 31.1. The van der Waals surface area contributed by atoms with Crippen molar-refractivity contribution in [3.05, 3.63) is 0 Å². The fourth-order valence-corrected chi connectivity index (χ4v) is 3.16. The van der Waals surface area contributed by atoms with Crippen molar-refractivity contribution in [3.8, 4) is 6.07 Å². The average Bonchev–Trinajstić information content (AvgIpc) is 2.86. The Balaban J connectivity index is 1.87. The summed E-state index contributed by atoms with van der Waals surface area (Å²) in [6.45, 7) is 1.87. The summed E-state index contributed by atoms with van der Waals surface area (Å²) in [7, 11) is 1.46. The molecule has 1 saturated carbocycles. The molecule has 94 valence electrons. The monoisotopic (exact) mass is 236 g/mol. The summed E-state index contributed by atoms with van der Waals surface area (Å²) in [6.07, 6.45) is 5.10. The summed E-state index contributed by atoms with van der Waals surface area (Å²) in [5.74, 6) is 0.191. The van der Waals surface area contributed by atoms with Crippen LogP contribution in [0.3, 0.4) is 0 Å². The molecule has 2 aliphatic rings. The lowest BCUT2D eigenvalue weighted by Gasteiger charge is -2.36. The number of carbonyl (C=O) groups excluding carboxylic acids is 1. The van der Waals surface area contributed by atoms with Gasteiger partial charge in [0.15, 0.2) is 0 Å². The number of rotatable bonds is 2. The third kappa shape index (κ3) is 2.61. The minimum Gasteiger partial charge on any atom is -0.469 e. The van der Waals surface area contributed by atoms with Crippen LogP contribution in [-0.4, -0.2) is 37.1 Å². The maximum atomic E-state index is 11.4. The molecule has 0 aromatic rings. The SMILES string of the molecule is COC(=O)C1CCN(C2CCCC2C#N)CC1. The number of likely N-dealkylation sites (tertiary alicyclic amines) is 1. The smallest absolute Gasteiger partial charge is 0.308 e. The Morgan fingerprint density at radius 3 is 2.59 bits per heavy atom. The predicted octanol–water partition coefficient (Wildman–Crippen LogP) is 1.56. The average molecular weight is 236 g/mol. The Hall–Kier alpha value is -1.08. The van der Waals surface area contributed by atoms with Crippen molar-refractivity contribution in [2.75, 3.05) is 20.2 Å².